The molecule has 102 valence electrons. The van der Waals surface area contributed by atoms with Crippen LogP contribution in [-0.2, 0) is 11.3 Å². The second kappa shape index (κ2) is 6.62. The summed E-state index contributed by atoms with van der Waals surface area (Å²) in [6, 6.07) is 3.27. The van der Waals surface area contributed by atoms with Crippen molar-refractivity contribution >= 4 is 45.8 Å². The minimum Gasteiger partial charge on any atom is -0.379 e. The minimum atomic E-state index is -0.233. The van der Waals surface area contributed by atoms with Gasteiger partial charge >= 0.3 is 0 Å². The number of hydrogen-bond acceptors (Lipinski definition) is 2. The number of hydrogen-bond donors (Lipinski definition) is 1. The molecule has 0 aliphatic heterocycles. The number of aromatic amines is 1. The van der Waals surface area contributed by atoms with Crippen molar-refractivity contribution in [2.45, 2.75) is 13.0 Å². The van der Waals surface area contributed by atoms with Crippen LogP contribution in [0.4, 0.5) is 4.39 Å². The normalized spacial score (nSPS) is 11.1. The lowest BCUT2D eigenvalue weighted by Gasteiger charge is -2.05. The highest BCUT2D eigenvalue weighted by Crippen LogP contribution is 2.20. The molecule has 1 aromatic heterocycles. The lowest BCUT2D eigenvalue weighted by molar-refractivity contribution is 0.131. The van der Waals surface area contributed by atoms with Crippen molar-refractivity contribution < 1.29 is 9.13 Å². The van der Waals surface area contributed by atoms with Crippen LogP contribution in [0.5, 0.6) is 0 Å². The molecule has 0 unspecified atom stereocenters. The fourth-order valence-corrected chi connectivity index (χ4v) is 2.57. The third-order valence-electron chi connectivity index (χ3n) is 2.74. The third-order valence-corrected chi connectivity index (χ3v) is 3.89. The Morgan fingerprint density at radius 2 is 2.26 bits per heavy atom. The van der Waals surface area contributed by atoms with E-state index in [2.05, 4.69) is 11.6 Å². The zero-order valence-electron chi connectivity index (χ0n) is 10.3. The molecule has 0 fully saturated rings. The Kier molecular flexibility index (Phi) is 5.12. The van der Waals surface area contributed by atoms with E-state index in [0.717, 1.165) is 17.5 Å². The van der Waals surface area contributed by atoms with Crippen molar-refractivity contribution in [2.75, 3.05) is 13.2 Å². The molecule has 1 N–H and O–H groups in total. The molecule has 3 nitrogen and oxygen atoms in total. The third kappa shape index (κ3) is 3.43. The van der Waals surface area contributed by atoms with E-state index in [1.807, 2.05) is 33.2 Å². The molecule has 0 atom stereocenters. The maximum Gasteiger partial charge on any atom is 0.178 e. The Hall–Kier alpha value is -0.730. The second-order valence-corrected chi connectivity index (χ2v) is 5.60. The quantitative estimate of drug-likeness (QED) is 0.348. The van der Waals surface area contributed by atoms with E-state index in [0.29, 0.717) is 28.1 Å². The van der Waals surface area contributed by atoms with Gasteiger partial charge in [-0.25, -0.2) is 4.39 Å². The van der Waals surface area contributed by atoms with Crippen LogP contribution in [0, 0.1) is 14.2 Å². The molecule has 1 aromatic carbocycles. The van der Waals surface area contributed by atoms with E-state index in [-0.39, 0.29) is 5.82 Å². The van der Waals surface area contributed by atoms with Crippen molar-refractivity contribution in [1.82, 2.24) is 9.55 Å². The molecule has 0 spiro atoms. The summed E-state index contributed by atoms with van der Waals surface area (Å²) in [7, 11) is 0. The summed E-state index contributed by atoms with van der Waals surface area (Å²) in [6.45, 7) is 5.43. The van der Waals surface area contributed by atoms with E-state index in [1.54, 1.807) is 6.07 Å². The number of imidazole rings is 1. The molecule has 2 rings (SSSR count). The molecule has 19 heavy (non-hydrogen) atoms. The summed E-state index contributed by atoms with van der Waals surface area (Å²) >= 11 is 7.22. The van der Waals surface area contributed by atoms with E-state index < -0.39 is 0 Å². The zero-order valence-corrected chi connectivity index (χ0v) is 13.3. The predicted octanol–water partition coefficient (Wildman–Crippen LogP) is 4.04. The average molecular weight is 392 g/mol. The smallest absolute Gasteiger partial charge is 0.178 e. The van der Waals surface area contributed by atoms with Gasteiger partial charge in [0.1, 0.15) is 5.82 Å². The van der Waals surface area contributed by atoms with Gasteiger partial charge in [-0.2, -0.15) is 0 Å². The van der Waals surface area contributed by atoms with E-state index >= 15 is 0 Å². The molecule has 1 heterocycles. The van der Waals surface area contributed by atoms with Crippen molar-refractivity contribution in [1.29, 1.82) is 0 Å². The first kappa shape index (κ1) is 14.7. The monoisotopic (exact) mass is 392 g/mol. The van der Waals surface area contributed by atoms with Gasteiger partial charge in [0.15, 0.2) is 4.77 Å². The molecule has 2 aromatic rings. The van der Waals surface area contributed by atoms with Gasteiger partial charge in [-0.3, -0.25) is 0 Å². The Morgan fingerprint density at radius 1 is 1.47 bits per heavy atom. The molecule has 0 saturated carbocycles. The van der Waals surface area contributed by atoms with Crippen LogP contribution in [0.25, 0.3) is 11.0 Å². The van der Waals surface area contributed by atoms with E-state index in [4.69, 9.17) is 17.0 Å². The van der Waals surface area contributed by atoms with Crippen LogP contribution in [0.2, 0.25) is 0 Å². The van der Waals surface area contributed by atoms with E-state index in [1.165, 1.54) is 6.07 Å². The predicted molar refractivity (Wildman–Crippen MR) is 85.4 cm³/mol. The standard InChI is InChI=1S/C13H14FIN2OS/c1-2-3-5-18-6-4-17-12-7-9(14)10(15)8-11(12)16-13(17)19/h2,7-8H,1,3-6H2,(H,16,19). The fraction of sp³-hybridized carbons (Fsp3) is 0.308. The summed E-state index contributed by atoms with van der Waals surface area (Å²) in [5, 5.41) is 0. The largest absolute Gasteiger partial charge is 0.379 e. The Bertz CT molecular complexity index is 650. The SMILES string of the molecule is C=CCCOCCn1c(=S)[nH]c2cc(I)c(F)cc21. The minimum absolute atomic E-state index is 0.233. The lowest BCUT2D eigenvalue weighted by Crippen LogP contribution is -2.06. The van der Waals surface area contributed by atoms with Crippen LogP contribution in [0.1, 0.15) is 6.42 Å². The number of fused-ring (bicyclic) bond motifs is 1. The van der Waals surface area contributed by atoms with E-state index in [9.17, 15) is 4.39 Å². The second-order valence-electron chi connectivity index (χ2n) is 4.05. The highest BCUT2D eigenvalue weighted by Gasteiger charge is 2.08. The van der Waals surface area contributed by atoms with Crippen molar-refractivity contribution in [3.05, 3.63) is 38.9 Å². The Morgan fingerprint density at radius 3 is 3.00 bits per heavy atom. The zero-order chi connectivity index (χ0) is 13.8. The number of rotatable bonds is 6. The summed E-state index contributed by atoms with van der Waals surface area (Å²) in [4.78, 5) is 3.08. The van der Waals surface area contributed by atoms with Crippen LogP contribution in [-0.4, -0.2) is 22.8 Å². The van der Waals surface area contributed by atoms with Crippen LogP contribution in [0.3, 0.4) is 0 Å². The number of ether oxygens (including phenoxy) is 1. The van der Waals surface area contributed by atoms with Gasteiger partial charge in [0.2, 0.25) is 0 Å². The van der Waals surface area contributed by atoms with Gasteiger partial charge in [-0.15, -0.1) is 6.58 Å². The average Bonchev–Trinajstić information content (AvgIpc) is 2.66. The van der Waals surface area contributed by atoms with Crippen molar-refractivity contribution in [3.63, 3.8) is 0 Å². The van der Waals surface area contributed by atoms with Gasteiger partial charge in [-0.1, -0.05) is 6.08 Å². The maximum atomic E-state index is 13.6. The molecular weight excluding hydrogens is 378 g/mol. The van der Waals surface area contributed by atoms with Crippen molar-refractivity contribution in [3.8, 4) is 0 Å². The van der Waals surface area contributed by atoms with Gasteiger partial charge in [-0.05, 0) is 47.3 Å². The first-order chi connectivity index (χ1) is 9.13. The molecule has 0 aliphatic rings. The molecule has 0 amide bonds. The van der Waals surface area contributed by atoms with Crippen LogP contribution in [0.15, 0.2) is 24.8 Å². The fourth-order valence-electron chi connectivity index (χ4n) is 1.80. The topological polar surface area (TPSA) is 29.9 Å². The van der Waals surface area contributed by atoms with Gasteiger partial charge in [0.05, 0.1) is 27.8 Å². The van der Waals surface area contributed by atoms with Gasteiger partial charge < -0.3 is 14.3 Å². The molecule has 0 saturated heterocycles. The van der Waals surface area contributed by atoms with Gasteiger partial charge in [0, 0.05) is 12.6 Å². The molecule has 0 aliphatic carbocycles. The summed E-state index contributed by atoms with van der Waals surface area (Å²) in [6.07, 6.45) is 2.64. The Labute approximate surface area is 129 Å². The number of halogens is 2. The molecule has 0 radical (unpaired) electrons. The molecule has 6 heteroatoms. The summed E-state index contributed by atoms with van der Waals surface area (Å²) < 4.78 is 22.1. The summed E-state index contributed by atoms with van der Waals surface area (Å²) in [5.41, 5.74) is 1.62. The number of nitrogens with zero attached hydrogens (tertiary/aromatic N) is 1. The number of benzene rings is 1. The number of H-pyrrole nitrogens is 1. The number of aromatic nitrogens is 2. The Balaban J connectivity index is 2.18. The molecular formula is C13H14FIN2OS. The lowest BCUT2D eigenvalue weighted by atomic mass is 10.3. The summed E-state index contributed by atoms with van der Waals surface area (Å²) in [5.74, 6) is -0.233. The first-order valence-electron chi connectivity index (χ1n) is 5.89. The van der Waals surface area contributed by atoms with Crippen LogP contribution < -0.4 is 0 Å². The van der Waals surface area contributed by atoms with Crippen molar-refractivity contribution in [2.24, 2.45) is 0 Å². The van der Waals surface area contributed by atoms with Crippen LogP contribution >= 0.6 is 34.8 Å². The highest BCUT2D eigenvalue weighted by atomic mass is 127. The highest BCUT2D eigenvalue weighted by molar-refractivity contribution is 14.1. The molecule has 0 bridgehead atoms. The number of nitrogens with one attached hydrogen (secondary N) is 1. The van der Waals surface area contributed by atoms with Gasteiger partial charge in [0.25, 0.3) is 0 Å². The first-order valence-corrected chi connectivity index (χ1v) is 7.38. The maximum absolute atomic E-state index is 13.6.